The van der Waals surface area contributed by atoms with E-state index in [0.717, 1.165) is 19.8 Å². The molecule has 0 aliphatic heterocycles. The Hall–Kier alpha value is -4.18. The Kier molecular flexibility index (Phi) is 4.96. The highest BCUT2D eigenvalue weighted by molar-refractivity contribution is 5.86. The van der Waals surface area contributed by atoms with E-state index in [1.54, 1.807) is 0 Å². The third kappa shape index (κ3) is 4.03. The topological polar surface area (TPSA) is 17.6 Å². The summed E-state index contributed by atoms with van der Waals surface area (Å²) in [4.78, 5) is 0. The van der Waals surface area contributed by atoms with Gasteiger partial charge in [-0.25, -0.2) is 9.13 Å². The normalized spacial score (nSPS) is 11.4. The van der Waals surface area contributed by atoms with Crippen LogP contribution in [-0.4, -0.2) is 9.13 Å². The van der Waals surface area contributed by atoms with Crippen molar-refractivity contribution < 1.29 is 9.13 Å². The predicted molar refractivity (Wildman–Crippen MR) is 131 cm³/mol. The molecule has 0 amide bonds. The number of nitrogens with zero attached hydrogens (tertiary/aromatic N) is 4. The highest BCUT2D eigenvalue weighted by atomic mass is 15.2. The Labute approximate surface area is 193 Å². The number of hydrogen-bond donors (Lipinski definition) is 0. The van der Waals surface area contributed by atoms with Gasteiger partial charge in [0.15, 0.2) is 0 Å². The van der Waals surface area contributed by atoms with Gasteiger partial charge in [-0.15, -0.1) is 0 Å². The van der Waals surface area contributed by atoms with Gasteiger partial charge in [0.2, 0.25) is 19.3 Å². The van der Waals surface area contributed by atoms with Crippen LogP contribution in [0.1, 0.15) is 11.1 Å². The summed E-state index contributed by atoms with van der Waals surface area (Å²) in [6, 6.07) is 30.2. The van der Waals surface area contributed by atoms with Gasteiger partial charge in [0, 0.05) is 11.1 Å². The monoisotopic (exact) mass is 430 g/mol. The molecule has 0 spiro atoms. The Balaban J connectivity index is 1.17. The van der Waals surface area contributed by atoms with Gasteiger partial charge < -0.3 is 0 Å². The van der Waals surface area contributed by atoms with Crippen LogP contribution in [0.3, 0.4) is 0 Å². The third-order valence-corrected chi connectivity index (χ3v) is 6.28. The minimum atomic E-state index is 0.783. The lowest BCUT2D eigenvalue weighted by Gasteiger charge is -2.04. The molecular formula is C29H26N4+2. The Morgan fingerprint density at radius 2 is 0.970 bits per heavy atom. The molecule has 0 aliphatic carbocycles. The molecule has 0 bridgehead atoms. The molecular weight excluding hydrogens is 404 g/mol. The minimum absolute atomic E-state index is 0.783. The van der Waals surface area contributed by atoms with Crippen LogP contribution in [0.25, 0.3) is 21.5 Å². The van der Waals surface area contributed by atoms with Crippen molar-refractivity contribution in [2.45, 2.75) is 19.8 Å². The summed E-state index contributed by atoms with van der Waals surface area (Å²) in [6.45, 7) is 2.51. The SMILES string of the molecule is c1ccc2c(Cn3cc[n+](C[n+]4ccn(Cc5cccc6ccccc56)c4)c3)cccc2c1. The second kappa shape index (κ2) is 8.40. The number of aromatic nitrogens is 4. The zero-order valence-electron chi connectivity index (χ0n) is 18.5. The molecule has 0 unspecified atom stereocenters. The van der Waals surface area contributed by atoms with Gasteiger partial charge in [-0.1, -0.05) is 84.9 Å². The lowest BCUT2D eigenvalue weighted by atomic mass is 10.0. The minimum Gasteiger partial charge on any atom is -0.232 e. The van der Waals surface area contributed by atoms with Crippen molar-refractivity contribution in [3.8, 4) is 0 Å². The summed E-state index contributed by atoms with van der Waals surface area (Å²) in [5.74, 6) is 0. The van der Waals surface area contributed by atoms with Gasteiger partial charge in [0.05, 0.1) is 0 Å². The number of hydrogen-bond acceptors (Lipinski definition) is 0. The van der Waals surface area contributed by atoms with Crippen molar-refractivity contribution in [3.63, 3.8) is 0 Å². The summed E-state index contributed by atoms with van der Waals surface area (Å²) in [7, 11) is 0. The van der Waals surface area contributed by atoms with Gasteiger partial charge in [0.1, 0.15) is 37.9 Å². The zero-order chi connectivity index (χ0) is 22.0. The highest BCUT2D eigenvalue weighted by Gasteiger charge is 2.12. The van der Waals surface area contributed by atoms with E-state index in [-0.39, 0.29) is 0 Å². The first-order chi connectivity index (χ1) is 16.3. The fourth-order valence-electron chi connectivity index (χ4n) is 4.67. The molecule has 6 rings (SSSR count). The predicted octanol–water partition coefficient (Wildman–Crippen LogP) is 4.77. The molecule has 2 aromatic heterocycles. The summed E-state index contributed by atoms with van der Waals surface area (Å²) >= 11 is 0. The Bertz CT molecular complexity index is 1430. The molecule has 0 radical (unpaired) electrons. The van der Waals surface area contributed by atoms with E-state index in [0.29, 0.717) is 0 Å². The first-order valence-corrected chi connectivity index (χ1v) is 11.3. The van der Waals surface area contributed by atoms with Crippen molar-refractivity contribution in [2.75, 3.05) is 0 Å². The van der Waals surface area contributed by atoms with Crippen LogP contribution in [0.5, 0.6) is 0 Å². The lowest BCUT2D eigenvalue weighted by Crippen LogP contribution is -2.49. The average Bonchev–Trinajstić information content (AvgIpc) is 3.49. The summed E-state index contributed by atoms with van der Waals surface area (Å²) < 4.78 is 8.92. The first-order valence-electron chi connectivity index (χ1n) is 11.3. The van der Waals surface area contributed by atoms with Crippen molar-refractivity contribution >= 4 is 21.5 Å². The second-order valence-electron chi connectivity index (χ2n) is 8.62. The van der Waals surface area contributed by atoms with Gasteiger partial charge >= 0.3 is 0 Å². The lowest BCUT2D eigenvalue weighted by molar-refractivity contribution is -0.912. The molecule has 4 aromatic carbocycles. The quantitative estimate of drug-likeness (QED) is 0.339. The molecule has 4 nitrogen and oxygen atoms in total. The molecule has 160 valence electrons. The van der Waals surface area contributed by atoms with Crippen LogP contribution in [0, 0.1) is 0 Å². The molecule has 0 atom stereocenters. The maximum atomic E-state index is 2.25. The maximum Gasteiger partial charge on any atom is 0.247 e. The molecule has 0 saturated heterocycles. The third-order valence-electron chi connectivity index (χ3n) is 6.28. The molecule has 0 fully saturated rings. The van der Waals surface area contributed by atoms with Gasteiger partial charge in [-0.2, -0.15) is 9.13 Å². The molecule has 6 aromatic rings. The van der Waals surface area contributed by atoms with Gasteiger partial charge in [-0.3, -0.25) is 0 Å². The van der Waals surface area contributed by atoms with Crippen LogP contribution in [0.4, 0.5) is 0 Å². The Morgan fingerprint density at radius 1 is 0.515 bits per heavy atom. The van der Waals surface area contributed by atoms with Crippen LogP contribution >= 0.6 is 0 Å². The number of benzene rings is 4. The van der Waals surface area contributed by atoms with Crippen molar-refractivity contribution in [2.24, 2.45) is 0 Å². The molecule has 33 heavy (non-hydrogen) atoms. The van der Waals surface area contributed by atoms with E-state index in [4.69, 9.17) is 0 Å². The molecule has 2 heterocycles. The average molecular weight is 431 g/mol. The summed E-state index contributed by atoms with van der Waals surface area (Å²) in [5, 5.41) is 5.22. The molecule has 0 N–H and O–H groups in total. The highest BCUT2D eigenvalue weighted by Crippen LogP contribution is 2.20. The second-order valence-corrected chi connectivity index (χ2v) is 8.62. The van der Waals surface area contributed by atoms with Gasteiger partial charge in [0.25, 0.3) is 0 Å². The Morgan fingerprint density at radius 3 is 1.48 bits per heavy atom. The van der Waals surface area contributed by atoms with Gasteiger partial charge in [-0.05, 0) is 21.5 Å². The number of fused-ring (bicyclic) bond motifs is 2. The van der Waals surface area contributed by atoms with E-state index in [1.807, 2.05) is 0 Å². The largest absolute Gasteiger partial charge is 0.247 e. The number of imidazole rings is 2. The maximum absolute atomic E-state index is 2.25. The fourth-order valence-corrected chi connectivity index (χ4v) is 4.67. The van der Waals surface area contributed by atoms with Crippen molar-refractivity contribution in [1.29, 1.82) is 0 Å². The van der Waals surface area contributed by atoms with E-state index in [1.165, 1.54) is 32.7 Å². The molecule has 0 aliphatic rings. The number of rotatable bonds is 6. The smallest absolute Gasteiger partial charge is 0.232 e. The van der Waals surface area contributed by atoms with Crippen molar-refractivity contribution in [1.82, 2.24) is 9.13 Å². The van der Waals surface area contributed by atoms with E-state index >= 15 is 0 Å². The van der Waals surface area contributed by atoms with Crippen molar-refractivity contribution in [3.05, 3.63) is 133 Å². The van der Waals surface area contributed by atoms with E-state index in [2.05, 4.69) is 141 Å². The standard InChI is InChI=1S/C29H26N4/c1-3-13-28-24(7-1)9-5-11-26(28)19-30-15-17-32(21-30)23-33-18-16-31(22-33)20-27-12-6-10-25-8-2-4-14-29(25)27/h1-18,21-22H,19-20,23H2/q+2. The zero-order valence-corrected chi connectivity index (χ0v) is 18.5. The van der Waals surface area contributed by atoms with Crippen LogP contribution in [-0.2, 0) is 19.8 Å². The van der Waals surface area contributed by atoms with E-state index in [9.17, 15) is 0 Å². The fraction of sp³-hybridized carbons (Fsp3) is 0.103. The van der Waals surface area contributed by atoms with E-state index < -0.39 is 0 Å². The molecule has 0 saturated carbocycles. The van der Waals surface area contributed by atoms with Crippen LogP contribution in [0.15, 0.2) is 122 Å². The first kappa shape index (κ1) is 19.5. The summed E-state index contributed by atoms with van der Waals surface area (Å²) in [5.41, 5.74) is 2.68. The summed E-state index contributed by atoms with van der Waals surface area (Å²) in [6.07, 6.45) is 12.9. The van der Waals surface area contributed by atoms with Crippen LogP contribution in [0.2, 0.25) is 0 Å². The van der Waals surface area contributed by atoms with Crippen LogP contribution < -0.4 is 9.13 Å². The molecule has 4 heteroatoms.